The molecular weight excluding hydrogens is 380 g/mol. The van der Waals surface area contributed by atoms with Crippen molar-refractivity contribution < 1.29 is 9.15 Å². The maximum absolute atomic E-state index is 5.77. The van der Waals surface area contributed by atoms with Crippen molar-refractivity contribution in [1.82, 2.24) is 10.2 Å². The van der Waals surface area contributed by atoms with Crippen molar-refractivity contribution >= 4 is 15.9 Å². The highest BCUT2D eigenvalue weighted by Gasteiger charge is 2.10. The van der Waals surface area contributed by atoms with Crippen molar-refractivity contribution in [2.45, 2.75) is 25.7 Å². The van der Waals surface area contributed by atoms with Crippen molar-refractivity contribution in [3.63, 3.8) is 0 Å². The molecule has 0 spiro atoms. The second kappa shape index (κ2) is 9.37. The van der Waals surface area contributed by atoms with Crippen LogP contribution in [0, 0.1) is 0 Å². The molecule has 3 rings (SSSR count). The second-order valence-electron chi connectivity index (χ2n) is 5.75. The summed E-state index contributed by atoms with van der Waals surface area (Å²) in [5.74, 6) is 1.91. The molecule has 0 N–H and O–H groups in total. The summed E-state index contributed by atoms with van der Waals surface area (Å²) < 4.78 is 11.5. The molecule has 25 heavy (non-hydrogen) atoms. The van der Waals surface area contributed by atoms with Gasteiger partial charge in [-0.15, -0.1) is 10.2 Å². The predicted molar refractivity (Wildman–Crippen MR) is 103 cm³/mol. The molecule has 0 fully saturated rings. The molecule has 0 bridgehead atoms. The number of rotatable bonds is 9. The van der Waals surface area contributed by atoms with Crippen LogP contribution < -0.4 is 4.74 Å². The van der Waals surface area contributed by atoms with Gasteiger partial charge in [-0.1, -0.05) is 47.0 Å². The molecule has 0 atom stereocenters. The third kappa shape index (κ3) is 5.16. The van der Waals surface area contributed by atoms with Crippen LogP contribution in [0.3, 0.4) is 0 Å². The Morgan fingerprint density at radius 2 is 1.40 bits per heavy atom. The summed E-state index contributed by atoms with van der Waals surface area (Å²) in [7, 11) is 0. The molecule has 4 nitrogen and oxygen atoms in total. The topological polar surface area (TPSA) is 48.2 Å². The van der Waals surface area contributed by atoms with Gasteiger partial charge in [-0.05, 0) is 49.2 Å². The van der Waals surface area contributed by atoms with Gasteiger partial charge in [0.05, 0.1) is 6.61 Å². The Hall–Kier alpha value is -2.14. The molecule has 3 aromatic rings. The minimum absolute atomic E-state index is 0.514. The first kappa shape index (κ1) is 17.7. The first-order valence-electron chi connectivity index (χ1n) is 8.55. The number of ether oxygens (including phenoxy) is 1. The van der Waals surface area contributed by atoms with E-state index in [0.29, 0.717) is 11.8 Å². The van der Waals surface area contributed by atoms with E-state index >= 15 is 0 Å². The Balaban J connectivity index is 1.55. The van der Waals surface area contributed by atoms with E-state index in [-0.39, 0.29) is 0 Å². The van der Waals surface area contributed by atoms with Gasteiger partial charge in [-0.3, -0.25) is 0 Å². The van der Waals surface area contributed by atoms with Gasteiger partial charge >= 0.3 is 0 Å². The maximum atomic E-state index is 5.77. The largest absolute Gasteiger partial charge is 0.494 e. The fourth-order valence-electron chi connectivity index (χ4n) is 2.47. The van der Waals surface area contributed by atoms with Crippen LogP contribution in [-0.4, -0.2) is 22.1 Å². The second-order valence-corrected chi connectivity index (χ2v) is 6.55. The van der Waals surface area contributed by atoms with Crippen LogP contribution >= 0.6 is 15.9 Å². The van der Waals surface area contributed by atoms with Crippen LogP contribution in [0.2, 0.25) is 0 Å². The van der Waals surface area contributed by atoms with Crippen molar-refractivity contribution in [3.8, 4) is 28.7 Å². The smallest absolute Gasteiger partial charge is 0.248 e. The lowest BCUT2D eigenvalue weighted by molar-refractivity contribution is 0.305. The number of nitrogens with zero attached hydrogens (tertiary/aromatic N) is 2. The predicted octanol–water partition coefficient (Wildman–Crippen LogP) is 5.74. The minimum Gasteiger partial charge on any atom is -0.494 e. The van der Waals surface area contributed by atoms with E-state index in [1.807, 2.05) is 54.6 Å². The van der Waals surface area contributed by atoms with E-state index in [4.69, 9.17) is 9.15 Å². The molecule has 0 saturated heterocycles. The van der Waals surface area contributed by atoms with Crippen molar-refractivity contribution in [1.29, 1.82) is 0 Å². The molecule has 0 unspecified atom stereocenters. The average molecular weight is 401 g/mol. The molecule has 1 heterocycles. The molecule has 130 valence electrons. The highest BCUT2D eigenvalue weighted by molar-refractivity contribution is 9.09. The van der Waals surface area contributed by atoms with E-state index in [0.717, 1.165) is 35.2 Å². The van der Waals surface area contributed by atoms with Crippen molar-refractivity contribution in [3.05, 3.63) is 54.6 Å². The Bertz CT molecular complexity index is 757. The summed E-state index contributed by atoms with van der Waals surface area (Å²) in [6.07, 6.45) is 4.76. The Labute approximate surface area is 156 Å². The molecule has 0 saturated carbocycles. The third-order valence-electron chi connectivity index (χ3n) is 3.84. The highest BCUT2D eigenvalue weighted by atomic mass is 79.9. The van der Waals surface area contributed by atoms with Crippen LogP contribution in [0.4, 0.5) is 0 Å². The quantitative estimate of drug-likeness (QED) is 0.339. The fraction of sp³-hybridized carbons (Fsp3) is 0.300. The van der Waals surface area contributed by atoms with E-state index in [1.165, 1.54) is 19.3 Å². The van der Waals surface area contributed by atoms with Crippen molar-refractivity contribution in [2.24, 2.45) is 0 Å². The third-order valence-corrected chi connectivity index (χ3v) is 4.40. The Morgan fingerprint density at radius 1 is 0.760 bits per heavy atom. The average Bonchev–Trinajstić information content (AvgIpc) is 3.16. The van der Waals surface area contributed by atoms with Gasteiger partial charge in [-0.2, -0.15) is 0 Å². The number of aromatic nitrogens is 2. The first-order chi connectivity index (χ1) is 12.4. The lowest BCUT2D eigenvalue weighted by Crippen LogP contribution is -1.97. The zero-order chi connectivity index (χ0) is 17.3. The van der Waals surface area contributed by atoms with Gasteiger partial charge in [0.25, 0.3) is 0 Å². The molecule has 2 aromatic carbocycles. The van der Waals surface area contributed by atoms with Crippen LogP contribution in [0.25, 0.3) is 22.9 Å². The van der Waals surface area contributed by atoms with Gasteiger partial charge in [0.15, 0.2) is 0 Å². The van der Waals surface area contributed by atoms with E-state index in [9.17, 15) is 0 Å². The normalized spacial score (nSPS) is 10.8. The van der Waals surface area contributed by atoms with E-state index in [2.05, 4.69) is 26.1 Å². The van der Waals surface area contributed by atoms with Gasteiger partial charge in [0.1, 0.15) is 5.75 Å². The summed E-state index contributed by atoms with van der Waals surface area (Å²) in [6.45, 7) is 0.750. The van der Waals surface area contributed by atoms with Gasteiger partial charge in [0.2, 0.25) is 11.8 Å². The zero-order valence-corrected chi connectivity index (χ0v) is 15.6. The molecule has 1 aromatic heterocycles. The Morgan fingerprint density at radius 3 is 2.08 bits per heavy atom. The van der Waals surface area contributed by atoms with Crippen LogP contribution in [-0.2, 0) is 0 Å². The van der Waals surface area contributed by atoms with Crippen LogP contribution in [0.1, 0.15) is 25.7 Å². The number of benzene rings is 2. The number of unbranched alkanes of at least 4 members (excludes halogenated alkanes) is 3. The monoisotopic (exact) mass is 400 g/mol. The first-order valence-corrected chi connectivity index (χ1v) is 9.67. The molecule has 0 aliphatic rings. The van der Waals surface area contributed by atoms with E-state index < -0.39 is 0 Å². The highest BCUT2D eigenvalue weighted by Crippen LogP contribution is 2.25. The number of hydrogen-bond donors (Lipinski definition) is 0. The van der Waals surface area contributed by atoms with Crippen LogP contribution in [0.15, 0.2) is 59.0 Å². The number of hydrogen-bond acceptors (Lipinski definition) is 4. The SMILES string of the molecule is BrCCCCCCOc1ccc(-c2nnc(-c3ccccc3)o2)cc1. The number of halogens is 1. The molecule has 0 amide bonds. The van der Waals surface area contributed by atoms with Crippen molar-refractivity contribution in [2.75, 3.05) is 11.9 Å². The summed E-state index contributed by atoms with van der Waals surface area (Å²) in [5, 5.41) is 9.33. The molecule has 0 radical (unpaired) electrons. The van der Waals surface area contributed by atoms with E-state index in [1.54, 1.807) is 0 Å². The van der Waals surface area contributed by atoms with Crippen LogP contribution in [0.5, 0.6) is 5.75 Å². The minimum atomic E-state index is 0.514. The standard InChI is InChI=1S/C20H21BrN2O2/c21-14-6-1-2-7-15-24-18-12-10-17(11-13-18)20-23-22-19(25-20)16-8-4-3-5-9-16/h3-5,8-13H,1-2,6-7,14-15H2. The lowest BCUT2D eigenvalue weighted by atomic mass is 10.2. The lowest BCUT2D eigenvalue weighted by Gasteiger charge is -2.06. The Kier molecular flexibility index (Phi) is 6.63. The summed E-state index contributed by atoms with van der Waals surface area (Å²) >= 11 is 3.45. The van der Waals surface area contributed by atoms with Gasteiger partial charge in [-0.25, -0.2) is 0 Å². The summed E-state index contributed by atoms with van der Waals surface area (Å²) in [5.41, 5.74) is 1.81. The zero-order valence-electron chi connectivity index (χ0n) is 14.0. The molecular formula is C20H21BrN2O2. The summed E-state index contributed by atoms with van der Waals surface area (Å²) in [4.78, 5) is 0. The summed E-state index contributed by atoms with van der Waals surface area (Å²) in [6, 6.07) is 17.5. The molecule has 0 aliphatic heterocycles. The number of alkyl halides is 1. The fourth-order valence-corrected chi connectivity index (χ4v) is 2.87. The maximum Gasteiger partial charge on any atom is 0.248 e. The molecule has 0 aliphatic carbocycles. The molecule has 5 heteroatoms. The van der Waals surface area contributed by atoms with Gasteiger partial charge in [0, 0.05) is 16.5 Å². The van der Waals surface area contributed by atoms with Gasteiger partial charge < -0.3 is 9.15 Å².